The average Bonchev–Trinajstić information content (AvgIpc) is 2.46. The van der Waals surface area contributed by atoms with Crippen molar-refractivity contribution in [2.45, 2.75) is 18.9 Å². The normalized spacial score (nSPS) is 20.3. The Bertz CT molecular complexity index is 309. The van der Waals surface area contributed by atoms with Gasteiger partial charge in [0.25, 0.3) is 0 Å². The summed E-state index contributed by atoms with van der Waals surface area (Å²) in [6, 6.07) is 7.03. The molecule has 2 heteroatoms. The zero-order valence-electron chi connectivity index (χ0n) is 7.39. The highest BCUT2D eigenvalue weighted by atomic mass is 79.9. The molecule has 13 heavy (non-hydrogen) atoms. The van der Waals surface area contributed by atoms with Crippen molar-refractivity contribution in [2.24, 2.45) is 0 Å². The molecule has 1 aliphatic carbocycles. The van der Waals surface area contributed by atoms with Crippen molar-refractivity contribution in [3.05, 3.63) is 40.7 Å². The molecule has 1 unspecified atom stereocenters. The van der Waals surface area contributed by atoms with E-state index in [1.807, 2.05) is 0 Å². The molecule has 1 aromatic carbocycles. The van der Waals surface area contributed by atoms with E-state index >= 15 is 0 Å². The maximum Gasteiger partial charge on any atom is 0.0178 e. The summed E-state index contributed by atoms with van der Waals surface area (Å²) in [5.74, 6) is 0. The largest absolute Gasteiger partial charge is 0.313 e. The second kappa shape index (κ2) is 3.81. The Kier molecular flexibility index (Phi) is 2.70. The van der Waals surface area contributed by atoms with E-state index in [4.69, 9.17) is 6.92 Å². The molecule has 68 valence electrons. The van der Waals surface area contributed by atoms with E-state index in [1.54, 1.807) is 0 Å². The monoisotopic (exact) mass is 237 g/mol. The Balaban J connectivity index is 2.16. The molecule has 1 aliphatic rings. The topological polar surface area (TPSA) is 12.0 Å². The van der Waals surface area contributed by atoms with Crippen molar-refractivity contribution in [1.82, 2.24) is 5.32 Å². The molecule has 0 spiro atoms. The predicted octanol–water partition coefficient (Wildman–Crippen LogP) is 2.22. The van der Waals surface area contributed by atoms with Gasteiger partial charge >= 0.3 is 0 Å². The number of fused-ring (bicyclic) bond motifs is 1. The molecular formula is C11H12BrN. The van der Waals surface area contributed by atoms with Crippen LogP contribution in [0.3, 0.4) is 0 Å². The van der Waals surface area contributed by atoms with E-state index in [9.17, 15) is 0 Å². The van der Waals surface area contributed by atoms with Crippen molar-refractivity contribution >= 4 is 15.9 Å². The first kappa shape index (κ1) is 9.22. The molecule has 0 heterocycles. The van der Waals surface area contributed by atoms with Gasteiger partial charge in [-0.25, -0.2) is 0 Å². The predicted molar refractivity (Wildman–Crippen MR) is 57.6 cm³/mol. The van der Waals surface area contributed by atoms with Crippen LogP contribution < -0.4 is 5.32 Å². The van der Waals surface area contributed by atoms with Gasteiger partial charge in [0.1, 0.15) is 0 Å². The Morgan fingerprint density at radius 1 is 1.38 bits per heavy atom. The highest BCUT2D eigenvalue weighted by Crippen LogP contribution is 2.25. The third-order valence-corrected chi connectivity index (χ3v) is 3.00. The van der Waals surface area contributed by atoms with E-state index in [1.165, 1.54) is 15.6 Å². The quantitative estimate of drug-likeness (QED) is 0.832. The van der Waals surface area contributed by atoms with E-state index in [2.05, 4.69) is 39.4 Å². The Morgan fingerprint density at radius 3 is 2.92 bits per heavy atom. The first-order valence-corrected chi connectivity index (χ1v) is 5.29. The van der Waals surface area contributed by atoms with Gasteiger partial charge in [-0.15, -0.1) is 0 Å². The van der Waals surface area contributed by atoms with Crippen LogP contribution in [0.1, 0.15) is 11.1 Å². The average molecular weight is 238 g/mol. The molecule has 0 aliphatic heterocycles. The van der Waals surface area contributed by atoms with E-state index < -0.39 is 0 Å². The van der Waals surface area contributed by atoms with Crippen LogP contribution in [0.15, 0.2) is 22.7 Å². The second-order valence-corrected chi connectivity index (χ2v) is 4.34. The lowest BCUT2D eigenvalue weighted by Crippen LogP contribution is -2.29. The second-order valence-electron chi connectivity index (χ2n) is 3.43. The smallest absolute Gasteiger partial charge is 0.0178 e. The van der Waals surface area contributed by atoms with Crippen LogP contribution in [0.5, 0.6) is 0 Å². The number of rotatable bonds is 2. The van der Waals surface area contributed by atoms with E-state index in [-0.39, 0.29) is 0 Å². The minimum atomic E-state index is 0.536. The number of nitrogens with one attached hydrogen (secondary N) is 1. The van der Waals surface area contributed by atoms with E-state index in [0.29, 0.717) is 12.6 Å². The molecule has 2 rings (SSSR count). The molecule has 0 bridgehead atoms. The van der Waals surface area contributed by atoms with Gasteiger partial charge in [0.15, 0.2) is 0 Å². The summed E-state index contributed by atoms with van der Waals surface area (Å²) < 4.78 is 1.17. The van der Waals surface area contributed by atoms with Crippen molar-refractivity contribution in [3.8, 4) is 0 Å². The summed E-state index contributed by atoms with van der Waals surface area (Å²) in [7, 11) is 0. The fourth-order valence-electron chi connectivity index (χ4n) is 1.90. The number of hydrogen-bond acceptors (Lipinski definition) is 1. The maximum absolute atomic E-state index is 5.45. The lowest BCUT2D eigenvalue weighted by molar-refractivity contribution is 0.566. The van der Waals surface area contributed by atoms with Crippen molar-refractivity contribution in [2.75, 3.05) is 6.54 Å². The summed E-state index contributed by atoms with van der Waals surface area (Å²) in [5, 5.41) is 3.27. The van der Waals surface area contributed by atoms with Crippen LogP contribution in [-0.4, -0.2) is 12.6 Å². The first-order chi connectivity index (χ1) is 6.29. The summed E-state index contributed by atoms with van der Waals surface area (Å²) in [4.78, 5) is 0. The van der Waals surface area contributed by atoms with Gasteiger partial charge < -0.3 is 5.32 Å². The van der Waals surface area contributed by atoms with Gasteiger partial charge in [-0.1, -0.05) is 22.0 Å². The zero-order valence-corrected chi connectivity index (χ0v) is 8.97. The molecule has 0 amide bonds. The minimum absolute atomic E-state index is 0.536. The van der Waals surface area contributed by atoms with Gasteiger partial charge in [0, 0.05) is 10.5 Å². The molecule has 0 saturated heterocycles. The Hall–Kier alpha value is -0.340. The molecule has 0 aromatic heterocycles. The number of benzene rings is 1. The highest BCUT2D eigenvalue weighted by molar-refractivity contribution is 9.10. The fourth-order valence-corrected chi connectivity index (χ4v) is 2.31. The molecule has 1 nitrogen and oxygen atoms in total. The summed E-state index contributed by atoms with van der Waals surface area (Å²) in [5.41, 5.74) is 2.90. The van der Waals surface area contributed by atoms with Crippen molar-refractivity contribution in [3.63, 3.8) is 0 Å². The molecular weight excluding hydrogens is 226 g/mol. The molecule has 0 saturated carbocycles. The van der Waals surface area contributed by atoms with Gasteiger partial charge in [-0.05, 0) is 49.6 Å². The molecule has 2 radical (unpaired) electrons. The van der Waals surface area contributed by atoms with Gasteiger partial charge in [-0.3, -0.25) is 0 Å². The van der Waals surface area contributed by atoms with Crippen molar-refractivity contribution < 1.29 is 0 Å². The molecule has 1 aromatic rings. The summed E-state index contributed by atoms with van der Waals surface area (Å²) in [6.07, 6.45) is 2.21. The van der Waals surface area contributed by atoms with Crippen LogP contribution in [0.2, 0.25) is 0 Å². The van der Waals surface area contributed by atoms with Crippen LogP contribution in [0.4, 0.5) is 0 Å². The molecule has 1 atom stereocenters. The SMILES string of the molecule is [CH]CNC1Cc2ccc(Br)cc2C1. The first-order valence-electron chi connectivity index (χ1n) is 4.50. The number of halogens is 1. The standard InChI is InChI=1S/C11H12BrN/c1-2-13-11-6-8-3-4-10(12)5-9(8)7-11/h1,3-5,11,13H,2,6-7H2. The highest BCUT2D eigenvalue weighted by Gasteiger charge is 2.19. The van der Waals surface area contributed by atoms with Crippen LogP contribution in [-0.2, 0) is 12.8 Å². The third-order valence-electron chi connectivity index (χ3n) is 2.51. The lowest BCUT2D eigenvalue weighted by Gasteiger charge is -2.07. The fraction of sp³-hybridized carbons (Fsp3) is 0.364. The van der Waals surface area contributed by atoms with E-state index in [0.717, 1.165) is 12.8 Å². The van der Waals surface area contributed by atoms with Crippen LogP contribution >= 0.6 is 15.9 Å². The van der Waals surface area contributed by atoms with Crippen LogP contribution in [0.25, 0.3) is 0 Å². The number of hydrogen-bond donors (Lipinski definition) is 1. The van der Waals surface area contributed by atoms with Gasteiger partial charge in [0.05, 0.1) is 0 Å². The lowest BCUT2D eigenvalue weighted by atomic mass is 10.1. The van der Waals surface area contributed by atoms with Gasteiger partial charge in [0.2, 0.25) is 0 Å². The van der Waals surface area contributed by atoms with Crippen molar-refractivity contribution in [1.29, 1.82) is 0 Å². The Morgan fingerprint density at radius 2 is 2.15 bits per heavy atom. The summed E-state index contributed by atoms with van der Waals surface area (Å²) >= 11 is 3.48. The molecule has 1 N–H and O–H groups in total. The Labute approximate surface area is 87.7 Å². The maximum atomic E-state index is 5.45. The summed E-state index contributed by atoms with van der Waals surface area (Å²) in [6.45, 7) is 6.02. The minimum Gasteiger partial charge on any atom is -0.313 e. The third kappa shape index (κ3) is 1.94. The van der Waals surface area contributed by atoms with Gasteiger partial charge in [-0.2, -0.15) is 0 Å². The molecule has 0 fully saturated rings. The zero-order chi connectivity index (χ0) is 9.26. The van der Waals surface area contributed by atoms with Crippen LogP contribution in [0, 0.1) is 6.92 Å².